The third kappa shape index (κ3) is 4.34. The van der Waals surface area contributed by atoms with E-state index in [0.29, 0.717) is 5.75 Å². The molecule has 0 aliphatic carbocycles. The Morgan fingerprint density at radius 1 is 1.61 bits per heavy atom. The predicted molar refractivity (Wildman–Crippen MR) is 72.6 cm³/mol. The molecule has 5 nitrogen and oxygen atoms in total. The van der Waals surface area contributed by atoms with Crippen LogP contribution in [0, 0.1) is 0 Å². The normalized spacial score (nSPS) is 13.4. The Kier molecular flexibility index (Phi) is 5.22. The van der Waals surface area contributed by atoms with E-state index in [1.54, 1.807) is 13.1 Å². The van der Waals surface area contributed by atoms with Crippen molar-refractivity contribution in [1.29, 1.82) is 0 Å². The van der Waals surface area contributed by atoms with Crippen LogP contribution in [-0.4, -0.2) is 39.0 Å². The molecule has 6 heteroatoms. The highest BCUT2D eigenvalue weighted by molar-refractivity contribution is 7.99. The van der Waals surface area contributed by atoms with Crippen LogP contribution < -0.4 is 5.32 Å². The summed E-state index contributed by atoms with van der Waals surface area (Å²) in [6.07, 6.45) is 3.65. The van der Waals surface area contributed by atoms with E-state index in [2.05, 4.69) is 31.1 Å². The van der Waals surface area contributed by atoms with Crippen LogP contribution in [0.25, 0.3) is 0 Å². The highest BCUT2D eigenvalue weighted by Gasteiger charge is 2.17. The standard InChI is InChI=1S/C12H21N3O2S/c1-9(7-16)14-10(17)8-18-11-13-5-6-15(11)12(2,3)4/h5-6,9,16H,7-8H2,1-4H3,(H,14,17). The van der Waals surface area contributed by atoms with Crippen LogP contribution >= 0.6 is 11.8 Å². The van der Waals surface area contributed by atoms with Gasteiger partial charge in [0.25, 0.3) is 0 Å². The minimum absolute atomic E-state index is 0.0479. The number of carbonyl (C=O) groups is 1. The van der Waals surface area contributed by atoms with Crippen LogP contribution in [0.3, 0.4) is 0 Å². The first-order chi connectivity index (χ1) is 8.34. The van der Waals surface area contributed by atoms with E-state index >= 15 is 0 Å². The van der Waals surface area contributed by atoms with Crippen molar-refractivity contribution < 1.29 is 9.90 Å². The fraction of sp³-hybridized carbons (Fsp3) is 0.667. The van der Waals surface area contributed by atoms with Gasteiger partial charge in [0.2, 0.25) is 5.91 Å². The molecule has 0 fully saturated rings. The second kappa shape index (κ2) is 6.24. The zero-order valence-electron chi connectivity index (χ0n) is 11.3. The van der Waals surface area contributed by atoms with Crippen LogP contribution in [0.5, 0.6) is 0 Å². The number of amides is 1. The fourth-order valence-electron chi connectivity index (χ4n) is 1.40. The van der Waals surface area contributed by atoms with Gasteiger partial charge in [0.05, 0.1) is 12.4 Å². The third-order valence-electron chi connectivity index (χ3n) is 2.34. The molecule has 0 aliphatic heterocycles. The van der Waals surface area contributed by atoms with Crippen LogP contribution in [0.1, 0.15) is 27.7 Å². The summed E-state index contributed by atoms with van der Waals surface area (Å²) >= 11 is 1.40. The van der Waals surface area contributed by atoms with Crippen molar-refractivity contribution in [2.45, 2.75) is 44.4 Å². The first kappa shape index (κ1) is 15.0. The first-order valence-electron chi connectivity index (χ1n) is 5.91. The lowest BCUT2D eigenvalue weighted by Gasteiger charge is -2.22. The van der Waals surface area contributed by atoms with Crippen molar-refractivity contribution in [3.8, 4) is 0 Å². The number of nitrogens with one attached hydrogen (secondary N) is 1. The monoisotopic (exact) mass is 271 g/mol. The molecular formula is C12H21N3O2S. The molecule has 18 heavy (non-hydrogen) atoms. The van der Waals surface area contributed by atoms with Crippen LogP contribution in [0.2, 0.25) is 0 Å². The fourth-order valence-corrected chi connectivity index (χ4v) is 2.35. The molecule has 2 N–H and O–H groups in total. The van der Waals surface area contributed by atoms with Crippen molar-refractivity contribution in [1.82, 2.24) is 14.9 Å². The molecule has 1 unspecified atom stereocenters. The van der Waals surface area contributed by atoms with Crippen molar-refractivity contribution in [3.63, 3.8) is 0 Å². The van der Waals surface area contributed by atoms with Crippen molar-refractivity contribution in [2.24, 2.45) is 0 Å². The van der Waals surface area contributed by atoms with Crippen molar-refractivity contribution in [2.75, 3.05) is 12.4 Å². The summed E-state index contributed by atoms with van der Waals surface area (Å²) in [5.74, 6) is 0.210. The topological polar surface area (TPSA) is 67.2 Å². The number of aliphatic hydroxyl groups is 1. The van der Waals surface area contributed by atoms with Gasteiger partial charge in [0.15, 0.2) is 5.16 Å². The van der Waals surface area contributed by atoms with E-state index in [-0.39, 0.29) is 24.1 Å². The minimum Gasteiger partial charge on any atom is -0.394 e. The van der Waals surface area contributed by atoms with Gasteiger partial charge in [-0.2, -0.15) is 0 Å². The van der Waals surface area contributed by atoms with Crippen molar-refractivity contribution in [3.05, 3.63) is 12.4 Å². The van der Waals surface area contributed by atoms with Crippen LogP contribution in [0.15, 0.2) is 17.6 Å². The highest BCUT2D eigenvalue weighted by atomic mass is 32.2. The smallest absolute Gasteiger partial charge is 0.230 e. The molecule has 1 aromatic rings. The molecule has 0 saturated heterocycles. The number of rotatable bonds is 5. The summed E-state index contributed by atoms with van der Waals surface area (Å²) in [7, 11) is 0. The molecule has 0 radical (unpaired) electrons. The Balaban J connectivity index is 2.54. The molecule has 1 amide bonds. The van der Waals surface area contributed by atoms with E-state index in [4.69, 9.17) is 5.11 Å². The Morgan fingerprint density at radius 2 is 2.28 bits per heavy atom. The molecule has 0 saturated carbocycles. The summed E-state index contributed by atoms with van der Waals surface area (Å²) < 4.78 is 2.04. The molecule has 0 aromatic carbocycles. The molecule has 1 rings (SSSR count). The Morgan fingerprint density at radius 3 is 2.83 bits per heavy atom. The highest BCUT2D eigenvalue weighted by Crippen LogP contribution is 2.23. The number of aliphatic hydroxyl groups excluding tert-OH is 1. The first-order valence-corrected chi connectivity index (χ1v) is 6.90. The van der Waals surface area contributed by atoms with Crippen molar-refractivity contribution >= 4 is 17.7 Å². The van der Waals surface area contributed by atoms with Gasteiger partial charge in [-0.25, -0.2) is 4.98 Å². The predicted octanol–water partition coefficient (Wildman–Crippen LogP) is 1.23. The maximum atomic E-state index is 11.6. The number of nitrogens with zero attached hydrogens (tertiary/aromatic N) is 2. The average Bonchev–Trinajstić information content (AvgIpc) is 2.74. The quantitative estimate of drug-likeness (QED) is 0.790. The average molecular weight is 271 g/mol. The maximum absolute atomic E-state index is 11.6. The minimum atomic E-state index is -0.208. The largest absolute Gasteiger partial charge is 0.394 e. The molecule has 1 atom stereocenters. The second-order valence-electron chi connectivity index (χ2n) is 5.19. The third-order valence-corrected chi connectivity index (χ3v) is 3.31. The molecule has 1 heterocycles. The zero-order valence-corrected chi connectivity index (χ0v) is 12.1. The molecule has 0 bridgehead atoms. The second-order valence-corrected chi connectivity index (χ2v) is 6.13. The Hall–Kier alpha value is -1.01. The number of hydrogen-bond acceptors (Lipinski definition) is 4. The number of imidazole rings is 1. The van der Waals surface area contributed by atoms with E-state index in [0.717, 1.165) is 5.16 Å². The molecule has 0 aliphatic rings. The summed E-state index contributed by atoms with van der Waals surface area (Å²) in [6, 6.07) is -0.208. The number of hydrogen-bond donors (Lipinski definition) is 2. The van der Waals surface area contributed by atoms with Gasteiger partial charge >= 0.3 is 0 Å². The Bertz CT molecular complexity index is 398. The van der Waals surface area contributed by atoms with Gasteiger partial charge in [0.1, 0.15) is 0 Å². The summed E-state index contributed by atoms with van der Waals surface area (Å²) in [6.45, 7) is 7.98. The summed E-state index contributed by atoms with van der Waals surface area (Å²) in [4.78, 5) is 15.8. The summed E-state index contributed by atoms with van der Waals surface area (Å²) in [5.41, 5.74) is -0.0479. The lowest BCUT2D eigenvalue weighted by atomic mass is 10.1. The van der Waals surface area contributed by atoms with E-state index in [9.17, 15) is 4.79 Å². The molecular weight excluding hydrogens is 250 g/mol. The molecule has 102 valence electrons. The number of thioether (sulfide) groups is 1. The van der Waals surface area contributed by atoms with Crippen LogP contribution in [0.4, 0.5) is 0 Å². The lowest BCUT2D eigenvalue weighted by Crippen LogP contribution is -2.36. The zero-order chi connectivity index (χ0) is 13.8. The van der Waals surface area contributed by atoms with Crippen LogP contribution in [-0.2, 0) is 10.3 Å². The maximum Gasteiger partial charge on any atom is 0.230 e. The Labute approximate surface area is 112 Å². The van der Waals surface area contributed by atoms with E-state index < -0.39 is 0 Å². The SMILES string of the molecule is CC(CO)NC(=O)CSc1nccn1C(C)(C)C. The van der Waals surface area contributed by atoms with E-state index in [1.807, 2.05) is 10.8 Å². The summed E-state index contributed by atoms with van der Waals surface area (Å²) in [5, 5.41) is 12.4. The van der Waals surface area contributed by atoms with Gasteiger partial charge in [-0.05, 0) is 27.7 Å². The van der Waals surface area contributed by atoms with Gasteiger partial charge in [-0.3, -0.25) is 4.79 Å². The van der Waals surface area contributed by atoms with Gasteiger partial charge < -0.3 is 15.0 Å². The van der Waals surface area contributed by atoms with Gasteiger partial charge in [0, 0.05) is 24.0 Å². The van der Waals surface area contributed by atoms with Gasteiger partial charge in [-0.1, -0.05) is 11.8 Å². The molecule has 0 spiro atoms. The molecule has 1 aromatic heterocycles. The van der Waals surface area contributed by atoms with Gasteiger partial charge in [-0.15, -0.1) is 0 Å². The lowest BCUT2D eigenvalue weighted by molar-refractivity contribution is -0.119. The number of carbonyl (C=O) groups excluding carboxylic acids is 1. The van der Waals surface area contributed by atoms with E-state index in [1.165, 1.54) is 11.8 Å². The number of aromatic nitrogens is 2.